The van der Waals surface area contributed by atoms with Gasteiger partial charge in [0.1, 0.15) is 11.1 Å². The Morgan fingerprint density at radius 3 is 2.08 bits per heavy atom. The number of hydrogen-bond acceptors (Lipinski definition) is 5. The molecule has 6 aromatic carbocycles. The largest absolute Gasteiger partial charge is 0.496 e. The Kier molecular flexibility index (Phi) is 10.8. The third kappa shape index (κ3) is 7.94. The van der Waals surface area contributed by atoms with E-state index in [0.29, 0.717) is 55.4 Å². The number of nitrogens with zero attached hydrogens (tertiary/aromatic N) is 4. The van der Waals surface area contributed by atoms with E-state index in [1.54, 1.807) is 0 Å². The van der Waals surface area contributed by atoms with Crippen LogP contribution in [0.4, 0.5) is 0 Å². The van der Waals surface area contributed by atoms with Crippen LogP contribution in [-0.2, 0) is 20.1 Å². The van der Waals surface area contributed by atoms with Gasteiger partial charge in [0.15, 0.2) is 11.2 Å². The van der Waals surface area contributed by atoms with Gasteiger partial charge < -0.3 is 18.4 Å². The molecule has 11 rings (SSSR count). The molecular weight excluding hydrogens is 993 g/mol. The molecule has 5 aromatic heterocycles. The van der Waals surface area contributed by atoms with E-state index in [4.69, 9.17) is 22.9 Å². The van der Waals surface area contributed by atoms with Crippen LogP contribution < -0.4 is 5.19 Å². The maximum Gasteiger partial charge on any atom is 0.183 e. The average molecular weight is 1050 g/mol. The van der Waals surface area contributed by atoms with Crippen LogP contribution in [-0.4, -0.2) is 27.6 Å². The minimum atomic E-state index is -2.48. The molecule has 6 nitrogen and oxygen atoms in total. The van der Waals surface area contributed by atoms with E-state index in [9.17, 15) is 0 Å². The van der Waals surface area contributed by atoms with E-state index in [0.717, 1.165) is 28.0 Å². The third-order valence-electron chi connectivity index (χ3n) is 12.0. The molecule has 0 amide bonds. The topological polar surface area (TPSA) is 69.9 Å². The van der Waals surface area contributed by atoms with Crippen molar-refractivity contribution in [2.45, 2.75) is 66.0 Å². The minimum Gasteiger partial charge on any atom is -0.496 e. The van der Waals surface area contributed by atoms with Crippen LogP contribution in [0.2, 0.25) is 19.6 Å². The van der Waals surface area contributed by atoms with Crippen molar-refractivity contribution in [2.24, 2.45) is 0 Å². The first-order valence-electron chi connectivity index (χ1n) is 23.4. The van der Waals surface area contributed by atoms with Crippen LogP contribution in [0.25, 0.3) is 94.5 Å². The van der Waals surface area contributed by atoms with E-state index in [-0.39, 0.29) is 37.6 Å². The van der Waals surface area contributed by atoms with Crippen LogP contribution in [0.5, 0.6) is 0 Å². The fraction of sp³-hybridized carbons (Fsp3) is 0.175. The number of hydrogen-bond donors (Lipinski definition) is 0. The van der Waals surface area contributed by atoms with Gasteiger partial charge in [0.2, 0.25) is 0 Å². The molecule has 0 N–H and O–H groups in total. The van der Waals surface area contributed by atoms with Crippen LogP contribution >= 0.6 is 0 Å². The Balaban J connectivity index is 0.000000289. The molecule has 5 heterocycles. The smallest absolute Gasteiger partial charge is 0.183 e. The number of para-hydroxylation sites is 3. The monoisotopic (exact) mass is 1050 g/mol. The third-order valence-corrected chi connectivity index (χ3v) is 14.1. The zero-order valence-corrected chi connectivity index (χ0v) is 40.8. The fourth-order valence-electron chi connectivity index (χ4n) is 8.67. The number of furan rings is 2. The van der Waals surface area contributed by atoms with Crippen LogP contribution in [0.1, 0.15) is 60.5 Å². The standard InChI is InChI=1S/C43H34N3O2.C14H16NSi.Ir/c1-24(2)32-22-28(27-14-7-6-8-15-27)23-33(25(3)4)39(32)46-35-20-11-10-19-34(35)45-43(46)31-18-13-17-30-38-42(48-40(30)31)41-37(26(5)44-38)29-16-9-12-21-36(29)47-41;1-16(2,3)13-9-10-14(15-11-13)12-7-5-4-6-8-12;/h6-17,19-25H,1-5H3;4-7,9-11H,1-3H3;/q2*-1;/i5D3;;. The van der Waals surface area contributed by atoms with Crippen LogP contribution in [0.3, 0.4) is 0 Å². The van der Waals surface area contributed by atoms with Crippen LogP contribution in [0.15, 0.2) is 155 Å². The van der Waals surface area contributed by atoms with Crippen LogP contribution in [0, 0.1) is 19.0 Å². The van der Waals surface area contributed by atoms with Crippen molar-refractivity contribution in [1.29, 1.82) is 0 Å². The molecule has 0 atom stereocenters. The summed E-state index contributed by atoms with van der Waals surface area (Å²) in [5.74, 6) is 1.07. The SMILES string of the molecule is C[Si](C)(C)c1ccc(-c2[c-]cccc2)nc1.[2H]C([2H])([2H])c1nc2c3cc[c-]c(-c4nc5ccccc5n4-c4c(C(C)C)cc(-c5ccccc5)cc4C(C)C)c3oc2c2oc3ccccc3c12.[Ir]. The number of pyridine rings is 2. The van der Waals surface area contributed by atoms with E-state index >= 15 is 0 Å². The normalized spacial score (nSPS) is 12.7. The number of fused-ring (bicyclic) bond motifs is 8. The molecule has 1 radical (unpaired) electrons. The zero-order valence-electron chi connectivity index (χ0n) is 40.4. The Morgan fingerprint density at radius 2 is 1.38 bits per heavy atom. The first-order chi connectivity index (χ1) is 32.2. The van der Waals surface area contributed by atoms with Gasteiger partial charge in [0, 0.05) is 47.2 Å². The summed E-state index contributed by atoms with van der Waals surface area (Å²) < 4.78 is 40.6. The van der Waals surface area contributed by atoms with Crippen molar-refractivity contribution in [3.05, 3.63) is 175 Å². The molecule has 0 aliphatic rings. The van der Waals surface area contributed by atoms with Gasteiger partial charge in [-0.15, -0.1) is 54.1 Å². The summed E-state index contributed by atoms with van der Waals surface area (Å²) in [7, 11) is -1.23. The number of aromatic nitrogens is 4. The summed E-state index contributed by atoms with van der Waals surface area (Å²) in [6.45, 7) is 13.4. The van der Waals surface area contributed by atoms with Gasteiger partial charge in [0.05, 0.1) is 35.9 Å². The molecule has 0 bridgehead atoms. The second kappa shape index (κ2) is 17.5. The Labute approximate surface area is 399 Å². The first-order valence-corrected chi connectivity index (χ1v) is 25.4. The van der Waals surface area contributed by atoms with Crippen molar-refractivity contribution in [3.63, 3.8) is 0 Å². The van der Waals surface area contributed by atoms with E-state index in [1.165, 1.54) is 27.4 Å². The summed E-state index contributed by atoms with van der Waals surface area (Å²) in [5.41, 5.74) is 12.6. The van der Waals surface area contributed by atoms with Gasteiger partial charge in [-0.05, 0) is 87.5 Å². The molecule has 0 aliphatic carbocycles. The van der Waals surface area contributed by atoms with Gasteiger partial charge in [-0.2, -0.15) is 0 Å². The maximum absolute atomic E-state index is 8.43. The molecule has 0 saturated carbocycles. The molecule has 0 saturated heterocycles. The number of imidazole rings is 1. The zero-order chi connectivity index (χ0) is 46.8. The van der Waals surface area contributed by atoms with Gasteiger partial charge in [-0.25, -0.2) is 4.98 Å². The van der Waals surface area contributed by atoms with Crippen molar-refractivity contribution in [1.82, 2.24) is 19.5 Å². The van der Waals surface area contributed by atoms with E-state index in [1.807, 2.05) is 91.1 Å². The van der Waals surface area contributed by atoms with Gasteiger partial charge in [-0.3, -0.25) is 4.98 Å². The molecule has 11 aromatic rings. The number of benzene rings is 6. The van der Waals surface area contributed by atoms with Gasteiger partial charge >= 0.3 is 0 Å². The molecule has 8 heteroatoms. The second-order valence-corrected chi connectivity index (χ2v) is 23.1. The minimum absolute atomic E-state index is 0. The second-order valence-electron chi connectivity index (χ2n) is 18.0. The van der Waals surface area contributed by atoms with Gasteiger partial charge in [0.25, 0.3) is 0 Å². The predicted octanol–water partition coefficient (Wildman–Crippen LogP) is 15.0. The molecular formula is C57H50IrN4O2Si-2. The average Bonchev–Trinajstić information content (AvgIpc) is 4.03. The van der Waals surface area contributed by atoms with E-state index < -0.39 is 14.9 Å². The quantitative estimate of drug-likeness (QED) is 0.117. The molecule has 325 valence electrons. The summed E-state index contributed by atoms with van der Waals surface area (Å²) in [6.07, 6.45) is 2.02. The van der Waals surface area contributed by atoms with Crippen molar-refractivity contribution >= 4 is 68.3 Å². The fourth-order valence-corrected chi connectivity index (χ4v) is 9.71. The van der Waals surface area contributed by atoms with Crippen molar-refractivity contribution in [3.8, 4) is 39.5 Å². The number of aryl methyl sites for hydroxylation is 1. The number of rotatable bonds is 7. The molecule has 0 fully saturated rings. The maximum atomic E-state index is 8.43. The molecule has 0 aliphatic heterocycles. The van der Waals surface area contributed by atoms with E-state index in [2.05, 4.69) is 124 Å². The first kappa shape index (κ1) is 40.1. The summed E-state index contributed by atoms with van der Waals surface area (Å²) >= 11 is 0. The Morgan fingerprint density at radius 1 is 0.662 bits per heavy atom. The predicted molar refractivity (Wildman–Crippen MR) is 268 cm³/mol. The van der Waals surface area contributed by atoms with Gasteiger partial charge in [-0.1, -0.05) is 126 Å². The Hall–Kier alpha value is -6.44. The van der Waals surface area contributed by atoms with Crippen molar-refractivity contribution in [2.75, 3.05) is 0 Å². The molecule has 0 spiro atoms. The van der Waals surface area contributed by atoms with Crippen molar-refractivity contribution < 1.29 is 33.1 Å². The molecule has 0 unspecified atom stereocenters. The molecule has 65 heavy (non-hydrogen) atoms. The summed E-state index contributed by atoms with van der Waals surface area (Å²) in [4.78, 5) is 14.6. The Bertz CT molecular complexity index is 3580. The summed E-state index contributed by atoms with van der Waals surface area (Å²) in [6, 6.07) is 53.3. The summed E-state index contributed by atoms with van der Waals surface area (Å²) in [5, 5.41) is 3.19.